The summed E-state index contributed by atoms with van der Waals surface area (Å²) >= 11 is 6.19. The SMILES string of the molecule is Fc1cc(F)c(Cn2nc3c(C(F)(F)F)cccc3c2-c2ccc3c(ccn3Cc3c(F)cccc3Cl)c2)c(F)c1. The smallest absolute Gasteiger partial charge is 0.343 e. The van der Waals surface area contributed by atoms with Crippen molar-refractivity contribution in [3.63, 3.8) is 0 Å². The second-order valence-electron chi connectivity index (χ2n) is 9.47. The Hall–Kier alpha value is -4.31. The van der Waals surface area contributed by atoms with Gasteiger partial charge < -0.3 is 4.57 Å². The third-order valence-electron chi connectivity index (χ3n) is 6.92. The Bertz CT molecular complexity index is 1910. The normalized spacial score (nSPS) is 12.1. The highest BCUT2D eigenvalue weighted by atomic mass is 35.5. The molecule has 0 unspecified atom stereocenters. The van der Waals surface area contributed by atoms with Gasteiger partial charge in [0.1, 0.15) is 28.8 Å². The zero-order valence-electron chi connectivity index (χ0n) is 20.8. The molecule has 3 nitrogen and oxygen atoms in total. The summed E-state index contributed by atoms with van der Waals surface area (Å²) in [5, 5.41) is 5.17. The molecule has 0 spiro atoms. The number of alkyl halides is 3. The minimum absolute atomic E-state index is 0.111. The highest BCUT2D eigenvalue weighted by Gasteiger charge is 2.34. The van der Waals surface area contributed by atoms with Gasteiger partial charge in [0, 0.05) is 56.3 Å². The Balaban J connectivity index is 1.51. The topological polar surface area (TPSA) is 22.8 Å². The van der Waals surface area contributed by atoms with Crippen LogP contribution in [0.4, 0.5) is 30.7 Å². The van der Waals surface area contributed by atoms with E-state index in [2.05, 4.69) is 5.10 Å². The molecule has 41 heavy (non-hydrogen) atoms. The van der Waals surface area contributed by atoms with E-state index in [1.54, 1.807) is 41.1 Å². The molecule has 2 heterocycles. The van der Waals surface area contributed by atoms with E-state index in [0.717, 1.165) is 10.7 Å². The van der Waals surface area contributed by atoms with Crippen molar-refractivity contribution in [1.82, 2.24) is 14.3 Å². The molecule has 0 aliphatic rings. The van der Waals surface area contributed by atoms with Crippen LogP contribution in [0.25, 0.3) is 33.1 Å². The molecule has 0 atom stereocenters. The number of hydrogen-bond acceptors (Lipinski definition) is 1. The molecule has 0 saturated carbocycles. The van der Waals surface area contributed by atoms with E-state index in [9.17, 15) is 30.7 Å². The molecule has 0 radical (unpaired) electrons. The molecule has 4 aromatic carbocycles. The number of aromatic nitrogens is 3. The highest BCUT2D eigenvalue weighted by molar-refractivity contribution is 6.31. The molecule has 2 aromatic heterocycles. The predicted molar refractivity (Wildman–Crippen MR) is 142 cm³/mol. The predicted octanol–water partition coefficient (Wildman–Crippen LogP) is 8.98. The molecule has 0 N–H and O–H groups in total. The fourth-order valence-corrected chi connectivity index (χ4v) is 5.23. The monoisotopic (exact) mass is 587 g/mol. The molecule has 0 bridgehead atoms. The minimum Gasteiger partial charge on any atom is -0.343 e. The Morgan fingerprint density at radius 1 is 0.756 bits per heavy atom. The van der Waals surface area contributed by atoms with Gasteiger partial charge in [-0.2, -0.15) is 18.3 Å². The third-order valence-corrected chi connectivity index (χ3v) is 7.28. The van der Waals surface area contributed by atoms with Crippen molar-refractivity contribution in [2.75, 3.05) is 0 Å². The summed E-state index contributed by atoms with van der Waals surface area (Å²) in [6.45, 7) is -0.461. The summed E-state index contributed by atoms with van der Waals surface area (Å²) in [5.41, 5.74) is -0.375. The summed E-state index contributed by atoms with van der Waals surface area (Å²) in [6.07, 6.45) is -3.02. The van der Waals surface area contributed by atoms with E-state index in [1.807, 2.05) is 0 Å². The summed E-state index contributed by atoms with van der Waals surface area (Å²) in [6, 6.07) is 15.7. The average molecular weight is 588 g/mol. The van der Waals surface area contributed by atoms with E-state index >= 15 is 0 Å². The summed E-state index contributed by atoms with van der Waals surface area (Å²) in [5.74, 6) is -3.97. The quantitative estimate of drug-likeness (QED) is 0.185. The first-order valence-electron chi connectivity index (χ1n) is 12.2. The molecular formula is C30H17ClF7N3. The maximum atomic E-state index is 14.6. The van der Waals surface area contributed by atoms with Gasteiger partial charge in [-0.05, 0) is 36.4 Å². The number of halogens is 8. The van der Waals surface area contributed by atoms with Crippen LogP contribution in [0.5, 0.6) is 0 Å². The van der Waals surface area contributed by atoms with Crippen LogP contribution in [0, 0.1) is 23.3 Å². The second kappa shape index (κ2) is 9.95. The van der Waals surface area contributed by atoms with Crippen molar-refractivity contribution in [1.29, 1.82) is 0 Å². The number of fused-ring (bicyclic) bond motifs is 2. The zero-order valence-corrected chi connectivity index (χ0v) is 21.5. The van der Waals surface area contributed by atoms with Crippen molar-refractivity contribution in [3.8, 4) is 11.3 Å². The van der Waals surface area contributed by atoms with Gasteiger partial charge in [-0.1, -0.05) is 35.9 Å². The summed E-state index contributed by atoms with van der Waals surface area (Å²) < 4.78 is 101. The molecule has 0 saturated heterocycles. The Morgan fingerprint density at radius 2 is 1.49 bits per heavy atom. The number of rotatable bonds is 5. The van der Waals surface area contributed by atoms with Gasteiger partial charge in [0.15, 0.2) is 0 Å². The van der Waals surface area contributed by atoms with E-state index in [-0.39, 0.29) is 22.6 Å². The van der Waals surface area contributed by atoms with Crippen LogP contribution >= 0.6 is 11.6 Å². The fourth-order valence-electron chi connectivity index (χ4n) is 5.01. The fraction of sp³-hybridized carbons (Fsp3) is 0.100. The Morgan fingerprint density at radius 3 is 2.20 bits per heavy atom. The van der Waals surface area contributed by atoms with Crippen LogP contribution in [0.3, 0.4) is 0 Å². The van der Waals surface area contributed by atoms with Gasteiger partial charge >= 0.3 is 6.18 Å². The van der Waals surface area contributed by atoms with Gasteiger partial charge in [0.05, 0.1) is 24.3 Å². The minimum atomic E-state index is -4.74. The molecule has 0 aliphatic carbocycles. The first-order chi connectivity index (χ1) is 19.5. The van der Waals surface area contributed by atoms with E-state index < -0.39 is 52.6 Å². The Labute approximate surface area is 233 Å². The van der Waals surface area contributed by atoms with Crippen LogP contribution < -0.4 is 0 Å². The van der Waals surface area contributed by atoms with Crippen LogP contribution in [0.1, 0.15) is 16.7 Å². The number of hydrogen-bond donors (Lipinski definition) is 0. The van der Waals surface area contributed by atoms with Gasteiger partial charge in [-0.3, -0.25) is 4.68 Å². The maximum absolute atomic E-state index is 14.6. The van der Waals surface area contributed by atoms with Gasteiger partial charge in [0.2, 0.25) is 0 Å². The average Bonchev–Trinajstić information content (AvgIpc) is 3.48. The molecule has 6 rings (SSSR count). The summed E-state index contributed by atoms with van der Waals surface area (Å²) in [7, 11) is 0. The zero-order chi connectivity index (χ0) is 29.1. The van der Waals surface area contributed by atoms with Crippen molar-refractivity contribution >= 4 is 33.4 Å². The first-order valence-corrected chi connectivity index (χ1v) is 12.6. The molecule has 208 valence electrons. The van der Waals surface area contributed by atoms with Crippen LogP contribution in [-0.4, -0.2) is 14.3 Å². The largest absolute Gasteiger partial charge is 0.418 e. The van der Waals surface area contributed by atoms with E-state index in [1.165, 1.54) is 24.3 Å². The van der Waals surface area contributed by atoms with Crippen LogP contribution in [0.2, 0.25) is 5.02 Å². The third kappa shape index (κ3) is 4.82. The highest BCUT2D eigenvalue weighted by Crippen LogP contribution is 2.39. The van der Waals surface area contributed by atoms with E-state index in [0.29, 0.717) is 34.2 Å². The molecule has 0 fully saturated rings. The number of benzene rings is 4. The molecule has 6 aromatic rings. The summed E-state index contributed by atoms with van der Waals surface area (Å²) in [4.78, 5) is 0. The molecule has 0 aliphatic heterocycles. The van der Waals surface area contributed by atoms with E-state index in [4.69, 9.17) is 11.6 Å². The van der Waals surface area contributed by atoms with Gasteiger partial charge in [-0.15, -0.1) is 0 Å². The lowest BCUT2D eigenvalue weighted by molar-refractivity contribution is -0.136. The lowest BCUT2D eigenvalue weighted by Crippen LogP contribution is -2.09. The Kier molecular flexibility index (Phi) is 6.53. The van der Waals surface area contributed by atoms with Crippen molar-refractivity contribution in [2.45, 2.75) is 19.3 Å². The molecular weight excluding hydrogens is 571 g/mol. The van der Waals surface area contributed by atoms with Crippen molar-refractivity contribution in [3.05, 3.63) is 124 Å². The van der Waals surface area contributed by atoms with Crippen LogP contribution in [0.15, 0.2) is 79.0 Å². The molecule has 11 heteroatoms. The lowest BCUT2D eigenvalue weighted by atomic mass is 10.0. The maximum Gasteiger partial charge on any atom is 0.418 e. The second-order valence-corrected chi connectivity index (χ2v) is 9.88. The molecule has 0 amide bonds. The van der Waals surface area contributed by atoms with Crippen molar-refractivity contribution < 1.29 is 30.7 Å². The standard InChI is InChI=1S/C30H17ClF7N3/c31-23-5-2-6-24(33)20(23)14-40-10-9-16-11-17(7-8-27(16)40)29-19-3-1-4-22(30(36,37)38)28(19)39-41(29)15-21-25(34)12-18(32)13-26(21)35/h1-13H,14-15H2. The van der Waals surface area contributed by atoms with Gasteiger partial charge in [0.25, 0.3) is 0 Å². The van der Waals surface area contributed by atoms with Crippen LogP contribution in [-0.2, 0) is 19.3 Å². The van der Waals surface area contributed by atoms with Gasteiger partial charge in [-0.25, -0.2) is 17.6 Å². The lowest BCUT2D eigenvalue weighted by Gasteiger charge is -2.12. The van der Waals surface area contributed by atoms with Crippen molar-refractivity contribution in [2.24, 2.45) is 0 Å². The first kappa shape index (κ1) is 26.9. The number of nitrogens with zero attached hydrogens (tertiary/aromatic N) is 3.